The highest BCUT2D eigenvalue weighted by Crippen LogP contribution is 2.14. The number of allylic oxidation sites excluding steroid dienone is 2. The van der Waals surface area contributed by atoms with E-state index in [2.05, 4.69) is 12.1 Å². The summed E-state index contributed by atoms with van der Waals surface area (Å²) in [6, 6.07) is 8.31. The minimum absolute atomic E-state index is 0.683. The van der Waals surface area contributed by atoms with Crippen molar-refractivity contribution in [1.82, 2.24) is 0 Å². The molecule has 0 aromatic heterocycles. The van der Waals surface area contributed by atoms with E-state index in [0.29, 0.717) is 11.1 Å². The van der Waals surface area contributed by atoms with E-state index in [4.69, 9.17) is 10.5 Å². The summed E-state index contributed by atoms with van der Waals surface area (Å²) in [7, 11) is 0. The summed E-state index contributed by atoms with van der Waals surface area (Å²) in [5, 5.41) is 19.7. The lowest BCUT2D eigenvalue weighted by molar-refractivity contribution is 1.51. The Morgan fingerprint density at radius 2 is 1.12 bits per heavy atom. The maximum Gasteiger partial charge on any atom is 0.0992 e. The lowest BCUT2D eigenvalue weighted by atomic mass is 10.1. The highest BCUT2D eigenvalue weighted by Gasteiger charge is 2.09. The third kappa shape index (κ3) is 1.11. The fourth-order valence-corrected chi connectivity index (χ4v) is 2.05. The summed E-state index contributed by atoms with van der Waals surface area (Å²) in [6.45, 7) is 0. The van der Waals surface area contributed by atoms with E-state index < -0.39 is 0 Å². The summed E-state index contributed by atoms with van der Waals surface area (Å²) in [4.78, 5) is 0. The molecule has 0 spiro atoms. The molecule has 1 aromatic rings. The lowest BCUT2D eigenvalue weighted by Gasteiger charge is -1.94. The van der Waals surface area contributed by atoms with Gasteiger partial charge in [-0.15, -0.1) is 0 Å². The van der Waals surface area contributed by atoms with Gasteiger partial charge in [0.15, 0.2) is 0 Å². The molecule has 0 heterocycles. The topological polar surface area (TPSA) is 47.6 Å². The summed E-state index contributed by atoms with van der Waals surface area (Å²) < 4.78 is 0. The van der Waals surface area contributed by atoms with Gasteiger partial charge in [-0.2, -0.15) is 10.5 Å². The summed E-state index contributed by atoms with van der Waals surface area (Å²) in [6.07, 6.45) is 7.48. The molecule has 0 saturated heterocycles. The number of hydrogen-bond donors (Lipinski definition) is 0. The van der Waals surface area contributed by atoms with Crippen LogP contribution in [0.5, 0.6) is 0 Å². The highest BCUT2D eigenvalue weighted by molar-refractivity contribution is 5.82. The van der Waals surface area contributed by atoms with Crippen molar-refractivity contribution in [3.63, 3.8) is 0 Å². The summed E-state index contributed by atoms with van der Waals surface area (Å²) in [5.41, 5.74) is 3.48. The maximum atomic E-state index is 8.82. The Labute approximate surface area is 92.4 Å². The predicted octanol–water partition coefficient (Wildman–Crippen LogP) is 1.09. The van der Waals surface area contributed by atoms with Crippen molar-refractivity contribution in [3.05, 3.63) is 44.8 Å². The van der Waals surface area contributed by atoms with E-state index in [9.17, 15) is 0 Å². The minimum atomic E-state index is 0.683. The molecule has 0 unspecified atom stereocenters. The first-order valence-corrected chi connectivity index (χ1v) is 4.91. The molecule has 72 valence electrons. The van der Waals surface area contributed by atoms with Gasteiger partial charge in [-0.3, -0.25) is 0 Å². The normalized spacial score (nSPS) is 14.6. The van der Waals surface area contributed by atoms with Crippen molar-refractivity contribution in [2.24, 2.45) is 0 Å². The van der Waals surface area contributed by atoms with Gasteiger partial charge < -0.3 is 0 Å². The molecule has 0 N–H and O–H groups in total. The second-order valence-corrected chi connectivity index (χ2v) is 3.82. The zero-order valence-electron chi connectivity index (χ0n) is 8.36. The van der Waals surface area contributed by atoms with Crippen LogP contribution in [0.3, 0.4) is 0 Å². The van der Waals surface area contributed by atoms with E-state index in [-0.39, 0.29) is 0 Å². The van der Waals surface area contributed by atoms with Crippen molar-refractivity contribution in [3.8, 4) is 12.1 Å². The second kappa shape index (κ2) is 2.95. The Balaban J connectivity index is 2.27. The van der Waals surface area contributed by atoms with Crippen LogP contribution in [0.2, 0.25) is 0 Å². The Kier molecular flexibility index (Phi) is 1.61. The van der Waals surface area contributed by atoms with Crippen LogP contribution in [0.25, 0.3) is 24.3 Å². The van der Waals surface area contributed by atoms with Gasteiger partial charge in [-0.25, -0.2) is 0 Å². The van der Waals surface area contributed by atoms with Crippen LogP contribution in [0, 0.1) is 22.7 Å². The van der Waals surface area contributed by atoms with Gasteiger partial charge in [0.25, 0.3) is 0 Å². The molecular formula is C14H6N2. The van der Waals surface area contributed by atoms with Gasteiger partial charge in [-0.05, 0) is 58.0 Å². The summed E-state index contributed by atoms with van der Waals surface area (Å²) in [5.74, 6) is 0. The number of fused-ring (bicyclic) bond motifs is 2. The number of nitrogens with zero attached hydrogens (tertiary/aromatic N) is 2. The zero-order chi connectivity index (χ0) is 11.1. The van der Waals surface area contributed by atoms with Crippen LogP contribution < -0.4 is 10.4 Å². The third-order valence-electron chi connectivity index (χ3n) is 2.79. The minimum Gasteiger partial charge on any atom is -0.192 e. The summed E-state index contributed by atoms with van der Waals surface area (Å²) >= 11 is 0. The van der Waals surface area contributed by atoms with Crippen LogP contribution in [0.4, 0.5) is 0 Å². The van der Waals surface area contributed by atoms with E-state index in [0.717, 1.165) is 21.6 Å². The molecule has 2 heteroatoms. The molecule has 16 heavy (non-hydrogen) atoms. The molecule has 0 saturated carbocycles. The monoisotopic (exact) mass is 202 g/mol. The van der Waals surface area contributed by atoms with Gasteiger partial charge in [0.1, 0.15) is 0 Å². The fourth-order valence-electron chi connectivity index (χ4n) is 2.05. The fraction of sp³-hybridized carbons (Fsp3) is 0. The molecule has 0 fully saturated rings. The largest absolute Gasteiger partial charge is 0.192 e. The van der Waals surface area contributed by atoms with Crippen LogP contribution in [0.1, 0.15) is 11.1 Å². The van der Waals surface area contributed by atoms with E-state index in [1.807, 2.05) is 36.4 Å². The lowest BCUT2D eigenvalue weighted by Crippen LogP contribution is -2.12. The molecule has 1 aromatic carbocycles. The van der Waals surface area contributed by atoms with Crippen LogP contribution in [0.15, 0.2) is 23.3 Å². The van der Waals surface area contributed by atoms with Crippen LogP contribution >= 0.6 is 0 Å². The maximum absolute atomic E-state index is 8.82. The van der Waals surface area contributed by atoms with Gasteiger partial charge in [0.05, 0.1) is 23.3 Å². The van der Waals surface area contributed by atoms with E-state index in [1.54, 1.807) is 0 Å². The van der Waals surface area contributed by atoms with Crippen molar-refractivity contribution in [2.75, 3.05) is 0 Å². The molecule has 2 nitrogen and oxygen atoms in total. The Morgan fingerprint density at radius 1 is 0.688 bits per heavy atom. The molecule has 0 amide bonds. The molecule has 0 aliphatic heterocycles. The number of rotatable bonds is 0. The molecular weight excluding hydrogens is 196 g/mol. The average molecular weight is 202 g/mol. The zero-order valence-corrected chi connectivity index (χ0v) is 8.36. The Bertz CT molecular complexity index is 695. The van der Waals surface area contributed by atoms with Crippen LogP contribution in [-0.4, -0.2) is 0 Å². The standard InChI is InChI=1S/C14H6N2/c15-7-9-1-11-5-13-3-10(8-16)4-14(13)6-12(11)2-9/h1-6H. The first-order valence-electron chi connectivity index (χ1n) is 4.91. The Hall–Kier alpha value is -2.58. The highest BCUT2D eigenvalue weighted by atomic mass is 14.3. The van der Waals surface area contributed by atoms with Crippen molar-refractivity contribution in [1.29, 1.82) is 10.5 Å². The second-order valence-electron chi connectivity index (χ2n) is 3.82. The first-order chi connectivity index (χ1) is 7.80. The third-order valence-corrected chi connectivity index (χ3v) is 2.79. The van der Waals surface area contributed by atoms with Gasteiger partial charge >= 0.3 is 0 Å². The first kappa shape index (κ1) is 8.71. The smallest absolute Gasteiger partial charge is 0.0992 e. The predicted molar refractivity (Wildman–Crippen MR) is 61.8 cm³/mol. The Morgan fingerprint density at radius 3 is 1.50 bits per heavy atom. The van der Waals surface area contributed by atoms with Gasteiger partial charge in [0, 0.05) is 0 Å². The molecule has 2 aliphatic carbocycles. The number of hydrogen-bond acceptors (Lipinski definition) is 2. The quantitative estimate of drug-likeness (QED) is 0.632. The van der Waals surface area contributed by atoms with Gasteiger partial charge in [-0.1, -0.05) is 0 Å². The van der Waals surface area contributed by atoms with Crippen molar-refractivity contribution >= 4 is 24.3 Å². The molecule has 3 rings (SSSR count). The SMILES string of the molecule is N#CC1=Cc2cc3c(cc2=C1)C=C(C#N)C=3. The number of benzene rings is 1. The molecule has 0 bridgehead atoms. The van der Waals surface area contributed by atoms with Gasteiger partial charge in [0.2, 0.25) is 0 Å². The van der Waals surface area contributed by atoms with Crippen LogP contribution in [-0.2, 0) is 0 Å². The number of nitriles is 2. The molecule has 0 radical (unpaired) electrons. The molecule has 2 aliphatic rings. The average Bonchev–Trinajstić information content (AvgIpc) is 2.86. The van der Waals surface area contributed by atoms with E-state index >= 15 is 0 Å². The molecule has 0 atom stereocenters. The van der Waals surface area contributed by atoms with Crippen molar-refractivity contribution in [2.45, 2.75) is 0 Å². The van der Waals surface area contributed by atoms with Crippen molar-refractivity contribution < 1.29 is 0 Å². The van der Waals surface area contributed by atoms with E-state index in [1.165, 1.54) is 0 Å².